The van der Waals surface area contributed by atoms with E-state index < -0.39 is 11.8 Å². The number of carbonyl (C=O) groups is 1. The fourth-order valence-corrected chi connectivity index (χ4v) is 4.22. The molecule has 2 N–H and O–H groups in total. The molecule has 0 spiro atoms. The molecule has 1 saturated heterocycles. The van der Waals surface area contributed by atoms with Crippen LogP contribution >= 0.6 is 0 Å². The van der Waals surface area contributed by atoms with Crippen LogP contribution in [0, 0.1) is 17.2 Å². The van der Waals surface area contributed by atoms with Crippen molar-refractivity contribution in [2.75, 3.05) is 24.6 Å². The second kappa shape index (κ2) is 8.53. The van der Waals surface area contributed by atoms with Gasteiger partial charge in [0, 0.05) is 36.3 Å². The minimum atomic E-state index is -1.07. The molecule has 0 bridgehead atoms. The minimum absolute atomic E-state index is 0.0921. The number of hydrogen-bond donors (Lipinski definition) is 2. The number of hydrogen-bond acceptors (Lipinski definition) is 6. The molecule has 1 unspecified atom stereocenters. The molecular formula is C22H31N3O3. The highest BCUT2D eigenvalue weighted by Gasteiger charge is 2.54. The number of aliphatic imine (C=N–C) groups is 1. The molecule has 6 nitrogen and oxygen atoms in total. The number of Topliss-reactive ketones (excluding diaryl/α,β-unsaturated/α-hetero) is 1. The highest BCUT2D eigenvalue weighted by Crippen LogP contribution is 2.49. The number of aliphatic hydroxyl groups is 1. The van der Waals surface area contributed by atoms with Gasteiger partial charge in [-0.05, 0) is 31.7 Å². The van der Waals surface area contributed by atoms with Crippen molar-refractivity contribution in [1.82, 2.24) is 0 Å². The molecule has 1 aromatic rings. The summed E-state index contributed by atoms with van der Waals surface area (Å²) in [7, 11) is 0. The van der Waals surface area contributed by atoms with Gasteiger partial charge in [-0.25, -0.2) is 0 Å². The van der Waals surface area contributed by atoms with Crippen molar-refractivity contribution in [3.05, 3.63) is 29.8 Å². The number of anilines is 1. The molecule has 0 aromatic heterocycles. The van der Waals surface area contributed by atoms with E-state index >= 15 is 0 Å². The molecule has 0 saturated carbocycles. The second-order valence-electron chi connectivity index (χ2n) is 8.07. The molecular weight excluding hydrogens is 354 g/mol. The van der Waals surface area contributed by atoms with E-state index in [0.717, 1.165) is 24.1 Å². The number of rotatable bonds is 9. The van der Waals surface area contributed by atoms with Crippen LogP contribution in [0.3, 0.4) is 0 Å². The van der Waals surface area contributed by atoms with Gasteiger partial charge in [-0.15, -0.1) is 0 Å². The first-order chi connectivity index (χ1) is 13.4. The summed E-state index contributed by atoms with van der Waals surface area (Å²) in [6.07, 6.45) is 2.99. The predicted molar refractivity (Wildman–Crippen MR) is 111 cm³/mol. The summed E-state index contributed by atoms with van der Waals surface area (Å²) in [6.45, 7) is 7.24. The Labute approximate surface area is 167 Å². The average Bonchev–Trinajstić information content (AvgIpc) is 3.16. The molecule has 2 aliphatic rings. The number of para-hydroxylation sites is 1. The van der Waals surface area contributed by atoms with Crippen molar-refractivity contribution in [2.45, 2.75) is 51.9 Å². The lowest BCUT2D eigenvalue weighted by Crippen LogP contribution is -2.46. The summed E-state index contributed by atoms with van der Waals surface area (Å²) in [5.41, 5.74) is 1.05. The maximum absolute atomic E-state index is 13.2. The molecule has 0 radical (unpaired) electrons. The van der Waals surface area contributed by atoms with E-state index in [1.807, 2.05) is 36.1 Å². The highest BCUT2D eigenvalue weighted by molar-refractivity contribution is 6.44. The first-order valence-corrected chi connectivity index (χ1v) is 10.2. The number of benzene rings is 1. The lowest BCUT2D eigenvalue weighted by atomic mass is 9.92. The van der Waals surface area contributed by atoms with E-state index in [9.17, 15) is 9.90 Å². The number of ketones is 1. The highest BCUT2D eigenvalue weighted by atomic mass is 16.5. The smallest absolute Gasteiger partial charge is 0.196 e. The predicted octanol–water partition coefficient (Wildman–Crippen LogP) is 3.17. The topological polar surface area (TPSA) is 86.0 Å². The van der Waals surface area contributed by atoms with Gasteiger partial charge in [0.05, 0.1) is 18.9 Å². The van der Waals surface area contributed by atoms with Gasteiger partial charge in [-0.2, -0.15) is 0 Å². The first kappa shape index (κ1) is 20.7. The van der Waals surface area contributed by atoms with Gasteiger partial charge in [0.15, 0.2) is 12.0 Å². The van der Waals surface area contributed by atoms with Crippen LogP contribution in [0.4, 0.5) is 5.69 Å². The van der Waals surface area contributed by atoms with E-state index in [1.165, 1.54) is 6.21 Å². The van der Waals surface area contributed by atoms with Gasteiger partial charge < -0.3 is 20.2 Å². The number of fused-ring (bicyclic) bond motifs is 3. The summed E-state index contributed by atoms with van der Waals surface area (Å²) in [4.78, 5) is 19.5. The molecule has 152 valence electrons. The third-order valence-electron chi connectivity index (χ3n) is 5.67. The number of carbonyl (C=O) groups excluding carboxylic acids is 1. The fourth-order valence-electron chi connectivity index (χ4n) is 4.22. The Bertz CT molecular complexity index is 761. The largest absolute Gasteiger partial charge is 0.380 e. The van der Waals surface area contributed by atoms with Crippen molar-refractivity contribution >= 4 is 23.4 Å². The zero-order chi connectivity index (χ0) is 20.3. The molecule has 28 heavy (non-hydrogen) atoms. The Morgan fingerprint density at radius 1 is 1.43 bits per heavy atom. The van der Waals surface area contributed by atoms with E-state index in [2.05, 4.69) is 18.8 Å². The normalized spacial score (nSPS) is 25.0. The number of ether oxygens (including phenoxy) is 1. The Balaban J connectivity index is 1.84. The monoisotopic (exact) mass is 385 g/mol. The number of nitrogens with one attached hydrogen (secondary N) is 1. The van der Waals surface area contributed by atoms with Gasteiger partial charge in [0.1, 0.15) is 5.60 Å². The van der Waals surface area contributed by atoms with E-state index in [4.69, 9.17) is 10.1 Å². The Morgan fingerprint density at radius 2 is 2.18 bits per heavy atom. The van der Waals surface area contributed by atoms with Crippen molar-refractivity contribution < 1.29 is 14.6 Å². The summed E-state index contributed by atoms with van der Waals surface area (Å²) in [5.74, 6) is 0.137. The molecule has 6 heteroatoms. The van der Waals surface area contributed by atoms with Crippen LogP contribution in [0.15, 0.2) is 29.3 Å². The van der Waals surface area contributed by atoms with Crippen LogP contribution in [0.5, 0.6) is 0 Å². The quantitative estimate of drug-likeness (QED) is 0.639. The molecule has 2 heterocycles. The molecule has 1 fully saturated rings. The zero-order valence-electron chi connectivity index (χ0n) is 17.0. The van der Waals surface area contributed by atoms with Crippen molar-refractivity contribution in [3.8, 4) is 0 Å². The van der Waals surface area contributed by atoms with Crippen molar-refractivity contribution in [3.63, 3.8) is 0 Å². The average molecular weight is 386 g/mol. The molecule has 2 aliphatic heterocycles. The number of nitrogens with zero attached hydrogens (tertiary/aromatic N) is 2. The van der Waals surface area contributed by atoms with E-state index in [1.54, 1.807) is 0 Å². The fraction of sp³-hybridized carbons (Fsp3) is 0.591. The summed E-state index contributed by atoms with van der Waals surface area (Å²) in [5, 5.41) is 19.0. The van der Waals surface area contributed by atoms with Crippen LogP contribution in [0.25, 0.3) is 0 Å². The van der Waals surface area contributed by atoms with Gasteiger partial charge in [0.25, 0.3) is 0 Å². The maximum atomic E-state index is 13.2. The van der Waals surface area contributed by atoms with Crippen LogP contribution < -0.4 is 4.90 Å². The standard InChI is InChI=1S/C22H31N3O3/c1-4-24-20(16(13-23)10-9-15(2)3)19(26)14-25-18-8-6-5-7-17(18)22(27)11-12-28-21(22)25/h5-8,13,15-16,21,23,27H,4,9-12,14H2,1-3H3/t16?,21-,22+/m0/s1. The van der Waals surface area contributed by atoms with E-state index in [0.29, 0.717) is 31.2 Å². The minimum Gasteiger partial charge on any atom is -0.380 e. The Kier molecular flexibility index (Phi) is 6.30. The Morgan fingerprint density at radius 3 is 2.86 bits per heavy atom. The van der Waals surface area contributed by atoms with Crippen LogP contribution in [0.2, 0.25) is 0 Å². The zero-order valence-corrected chi connectivity index (χ0v) is 17.0. The first-order valence-electron chi connectivity index (χ1n) is 10.2. The van der Waals surface area contributed by atoms with Crippen LogP contribution in [-0.2, 0) is 15.1 Å². The van der Waals surface area contributed by atoms with Crippen molar-refractivity contribution in [2.24, 2.45) is 16.8 Å². The van der Waals surface area contributed by atoms with Crippen LogP contribution in [-0.4, -0.2) is 48.7 Å². The van der Waals surface area contributed by atoms with Gasteiger partial charge >= 0.3 is 0 Å². The molecule has 3 atom stereocenters. The van der Waals surface area contributed by atoms with Gasteiger partial charge in [-0.1, -0.05) is 32.0 Å². The molecule has 0 amide bonds. The third kappa shape index (κ3) is 3.76. The molecule has 3 rings (SSSR count). The lowest BCUT2D eigenvalue weighted by Gasteiger charge is -2.29. The molecule has 0 aliphatic carbocycles. The van der Waals surface area contributed by atoms with Crippen molar-refractivity contribution in [1.29, 1.82) is 5.41 Å². The summed E-state index contributed by atoms with van der Waals surface area (Å²) >= 11 is 0. The third-order valence-corrected chi connectivity index (χ3v) is 5.67. The van der Waals surface area contributed by atoms with E-state index in [-0.39, 0.29) is 18.2 Å². The summed E-state index contributed by atoms with van der Waals surface area (Å²) in [6, 6.07) is 7.64. The Hall–Kier alpha value is -2.05. The SMILES string of the molecule is CCN=C(C(=O)CN1c2ccccc2[C@]2(O)CCO[C@H]12)C(C=N)CCC(C)C. The van der Waals surface area contributed by atoms with Gasteiger partial charge in [-0.3, -0.25) is 9.79 Å². The van der Waals surface area contributed by atoms with Crippen LogP contribution in [0.1, 0.15) is 45.6 Å². The second-order valence-corrected chi connectivity index (χ2v) is 8.07. The lowest BCUT2D eigenvalue weighted by molar-refractivity contribution is -0.112. The molecule has 1 aromatic carbocycles. The van der Waals surface area contributed by atoms with Gasteiger partial charge in [0.2, 0.25) is 0 Å². The maximum Gasteiger partial charge on any atom is 0.196 e. The summed E-state index contributed by atoms with van der Waals surface area (Å²) < 4.78 is 5.82.